The van der Waals surface area contributed by atoms with Crippen molar-refractivity contribution in [1.82, 2.24) is 14.9 Å². The lowest BCUT2D eigenvalue weighted by Gasteiger charge is -2.43. The van der Waals surface area contributed by atoms with Gasteiger partial charge in [0, 0.05) is 11.8 Å². The number of halogens is 5. The van der Waals surface area contributed by atoms with E-state index >= 15 is 0 Å². The Morgan fingerprint density at radius 2 is 2.12 bits per heavy atom. The first-order valence-corrected chi connectivity index (χ1v) is 10.7. The van der Waals surface area contributed by atoms with Crippen molar-refractivity contribution in [2.75, 3.05) is 13.2 Å². The second-order valence-corrected chi connectivity index (χ2v) is 8.65. The highest BCUT2D eigenvalue weighted by Gasteiger charge is 2.44. The number of carbonyl (C=O) groups is 1. The summed E-state index contributed by atoms with van der Waals surface area (Å²) in [6, 6.07) is 4.39. The van der Waals surface area contributed by atoms with Crippen molar-refractivity contribution in [1.29, 1.82) is 0 Å². The molecular weight excluding hydrogens is 454 g/mol. The number of benzene rings is 1. The van der Waals surface area contributed by atoms with Crippen molar-refractivity contribution in [3.8, 4) is 11.3 Å². The molecule has 1 amide bonds. The van der Waals surface area contributed by atoms with Gasteiger partial charge in [-0.05, 0) is 44.2 Å². The van der Waals surface area contributed by atoms with Crippen LogP contribution in [0.5, 0.6) is 0 Å². The zero-order valence-electron chi connectivity index (χ0n) is 17.0. The first-order chi connectivity index (χ1) is 15.1. The molecule has 0 radical (unpaired) electrons. The predicted octanol–water partition coefficient (Wildman–Crippen LogP) is 4.64. The van der Waals surface area contributed by atoms with Gasteiger partial charge in [0.1, 0.15) is 11.9 Å². The maximum absolute atomic E-state index is 13.7. The average Bonchev–Trinajstić information content (AvgIpc) is 3.21. The molecule has 0 bridgehead atoms. The molecular formula is C21H22ClF4N3O3. The van der Waals surface area contributed by atoms with E-state index in [-0.39, 0.29) is 17.7 Å². The van der Waals surface area contributed by atoms with Crippen LogP contribution in [0.1, 0.15) is 38.1 Å². The van der Waals surface area contributed by atoms with Crippen molar-refractivity contribution in [2.24, 2.45) is 0 Å². The summed E-state index contributed by atoms with van der Waals surface area (Å²) in [4.78, 5) is 16.9. The Morgan fingerprint density at radius 1 is 1.34 bits per heavy atom. The summed E-state index contributed by atoms with van der Waals surface area (Å²) < 4.78 is 62.4. The smallest absolute Gasteiger partial charge is 0.366 e. The highest BCUT2D eigenvalue weighted by atomic mass is 35.5. The standard InChI is InChI=1S/C21H22ClF4N3O3/c22-15-4-2-13(8-16(15)23)17-9-29(12-27-17)14-3-5-18(31-10-14)19(30)28-20(6-1-7-20)11-32-21(24,25)26/h2,4,8-9,12,14,18H,1,3,5-7,10-11H2,(H,28,30)/t14-,18+/m1/s1. The van der Waals surface area contributed by atoms with Crippen LogP contribution in [0.25, 0.3) is 11.3 Å². The van der Waals surface area contributed by atoms with Crippen LogP contribution in [0.2, 0.25) is 5.02 Å². The molecule has 2 heterocycles. The lowest BCUT2D eigenvalue weighted by molar-refractivity contribution is -0.332. The van der Waals surface area contributed by atoms with Gasteiger partial charge in [0.2, 0.25) is 5.91 Å². The number of ether oxygens (including phenoxy) is 2. The largest absolute Gasteiger partial charge is 0.522 e. The van der Waals surface area contributed by atoms with E-state index in [1.807, 2.05) is 4.57 Å². The second-order valence-electron chi connectivity index (χ2n) is 8.25. The Kier molecular flexibility index (Phi) is 6.46. The molecule has 1 aliphatic heterocycles. The molecule has 0 unspecified atom stereocenters. The van der Waals surface area contributed by atoms with Crippen LogP contribution in [-0.2, 0) is 14.3 Å². The number of imidazole rings is 1. The van der Waals surface area contributed by atoms with Crippen LogP contribution in [0.4, 0.5) is 17.6 Å². The monoisotopic (exact) mass is 475 g/mol. The first-order valence-electron chi connectivity index (χ1n) is 10.3. The van der Waals surface area contributed by atoms with E-state index in [2.05, 4.69) is 15.0 Å². The van der Waals surface area contributed by atoms with E-state index in [1.54, 1.807) is 18.6 Å². The summed E-state index contributed by atoms with van der Waals surface area (Å²) in [6.07, 6.45) is 0.565. The zero-order valence-corrected chi connectivity index (χ0v) is 17.8. The van der Waals surface area contributed by atoms with Crippen molar-refractivity contribution >= 4 is 17.5 Å². The lowest BCUT2D eigenvalue weighted by atomic mass is 9.77. The molecule has 0 spiro atoms. The van der Waals surface area contributed by atoms with Crippen LogP contribution >= 0.6 is 11.6 Å². The number of nitrogens with zero attached hydrogens (tertiary/aromatic N) is 2. The van der Waals surface area contributed by atoms with Gasteiger partial charge in [-0.3, -0.25) is 9.53 Å². The third-order valence-corrected chi connectivity index (χ3v) is 6.30. The Bertz CT molecular complexity index is 969. The average molecular weight is 476 g/mol. The normalized spacial score (nSPS) is 22.9. The van der Waals surface area contributed by atoms with E-state index in [9.17, 15) is 22.4 Å². The van der Waals surface area contributed by atoms with Gasteiger partial charge < -0.3 is 14.6 Å². The lowest BCUT2D eigenvalue weighted by Crippen LogP contribution is -2.60. The maximum atomic E-state index is 13.7. The Labute approximate surface area is 186 Å². The molecule has 32 heavy (non-hydrogen) atoms. The molecule has 1 aliphatic carbocycles. The highest BCUT2D eigenvalue weighted by Crippen LogP contribution is 2.35. The topological polar surface area (TPSA) is 65.4 Å². The van der Waals surface area contributed by atoms with Crippen LogP contribution < -0.4 is 5.32 Å². The number of rotatable bonds is 6. The van der Waals surface area contributed by atoms with Gasteiger partial charge in [0.15, 0.2) is 0 Å². The molecule has 2 atom stereocenters. The molecule has 1 saturated heterocycles. The molecule has 2 aliphatic rings. The van der Waals surface area contributed by atoms with E-state index in [0.717, 1.165) is 6.42 Å². The molecule has 1 saturated carbocycles. The van der Waals surface area contributed by atoms with Gasteiger partial charge in [0.25, 0.3) is 0 Å². The Morgan fingerprint density at radius 3 is 2.72 bits per heavy atom. The molecule has 4 rings (SSSR count). The maximum Gasteiger partial charge on any atom is 0.522 e. The quantitative estimate of drug-likeness (QED) is 0.618. The SMILES string of the molecule is O=C(NC1(COC(F)(F)F)CCC1)[C@@H]1CC[C@@H](n2cnc(-c3ccc(Cl)c(F)c3)c2)CO1. The number of aromatic nitrogens is 2. The number of hydrogen-bond acceptors (Lipinski definition) is 4. The summed E-state index contributed by atoms with van der Waals surface area (Å²) in [5, 5.41) is 2.74. The molecule has 1 aromatic heterocycles. The summed E-state index contributed by atoms with van der Waals surface area (Å²) in [5.41, 5.74) is 0.184. The van der Waals surface area contributed by atoms with Crippen molar-refractivity contribution < 1.29 is 31.8 Å². The van der Waals surface area contributed by atoms with E-state index in [0.29, 0.717) is 36.9 Å². The van der Waals surface area contributed by atoms with Gasteiger partial charge in [-0.2, -0.15) is 0 Å². The molecule has 2 aromatic rings. The molecule has 174 valence electrons. The highest BCUT2D eigenvalue weighted by molar-refractivity contribution is 6.30. The number of alkyl halides is 3. The first kappa shape index (κ1) is 23.0. The fraction of sp³-hybridized carbons (Fsp3) is 0.524. The molecule has 2 fully saturated rings. The van der Waals surface area contributed by atoms with Gasteiger partial charge in [-0.15, -0.1) is 13.2 Å². The van der Waals surface area contributed by atoms with Crippen LogP contribution in [0.3, 0.4) is 0 Å². The Balaban J connectivity index is 1.32. The number of hydrogen-bond donors (Lipinski definition) is 1. The minimum absolute atomic E-state index is 0.0341. The fourth-order valence-corrected chi connectivity index (χ4v) is 4.11. The van der Waals surface area contributed by atoms with Gasteiger partial charge in [-0.25, -0.2) is 9.37 Å². The minimum Gasteiger partial charge on any atom is -0.366 e. The molecule has 6 nitrogen and oxygen atoms in total. The number of nitrogens with one attached hydrogen (secondary N) is 1. The van der Waals surface area contributed by atoms with E-state index < -0.39 is 36.3 Å². The molecule has 11 heteroatoms. The fourth-order valence-electron chi connectivity index (χ4n) is 3.99. The van der Waals surface area contributed by atoms with Crippen molar-refractivity contribution in [2.45, 2.75) is 56.2 Å². The number of amides is 1. The summed E-state index contributed by atoms with van der Waals surface area (Å²) in [6.45, 7) is -0.352. The van der Waals surface area contributed by atoms with Crippen LogP contribution in [-0.4, -0.2) is 46.7 Å². The van der Waals surface area contributed by atoms with Gasteiger partial charge in [-0.1, -0.05) is 17.7 Å². The number of carbonyl (C=O) groups excluding carboxylic acids is 1. The van der Waals surface area contributed by atoms with Crippen LogP contribution in [0.15, 0.2) is 30.7 Å². The molecule has 1 N–H and O–H groups in total. The van der Waals surface area contributed by atoms with E-state index in [1.165, 1.54) is 12.1 Å². The van der Waals surface area contributed by atoms with Gasteiger partial charge >= 0.3 is 6.36 Å². The summed E-state index contributed by atoms with van der Waals surface area (Å²) in [5.74, 6) is -0.949. The minimum atomic E-state index is -4.73. The third kappa shape index (κ3) is 5.24. The zero-order chi connectivity index (χ0) is 22.9. The van der Waals surface area contributed by atoms with Crippen molar-refractivity contribution in [3.05, 3.63) is 41.6 Å². The van der Waals surface area contributed by atoms with Crippen molar-refractivity contribution in [3.63, 3.8) is 0 Å². The second kappa shape index (κ2) is 8.99. The Hall–Kier alpha value is -2.17. The van der Waals surface area contributed by atoms with Crippen LogP contribution in [0, 0.1) is 5.82 Å². The summed E-state index contributed by atoms with van der Waals surface area (Å²) in [7, 11) is 0. The summed E-state index contributed by atoms with van der Waals surface area (Å²) >= 11 is 5.72. The molecule has 1 aromatic carbocycles. The van der Waals surface area contributed by atoms with E-state index in [4.69, 9.17) is 16.3 Å². The third-order valence-electron chi connectivity index (χ3n) is 5.99. The van der Waals surface area contributed by atoms with Gasteiger partial charge in [0.05, 0.1) is 41.8 Å². The predicted molar refractivity (Wildman–Crippen MR) is 107 cm³/mol.